The Balaban J connectivity index is 4.82. The molecule has 0 unspecified atom stereocenters. The average molecular weight is 436 g/mol. The highest BCUT2D eigenvalue weighted by atomic mass is 32.2. The van der Waals surface area contributed by atoms with Gasteiger partial charge in [0.2, 0.25) is 5.12 Å². The fourth-order valence-electron chi connectivity index (χ4n) is 2.84. The van der Waals surface area contributed by atoms with E-state index in [0.29, 0.717) is 47.8 Å². The lowest BCUT2D eigenvalue weighted by atomic mass is 10.3. The normalized spacial score (nSPS) is 13.8. The fraction of sp³-hybridized carbons (Fsp3) is 0.850. The van der Waals surface area contributed by atoms with E-state index in [-0.39, 0.29) is 11.9 Å². The quantitative estimate of drug-likeness (QED) is 0.190. The molecule has 0 spiro atoms. The monoisotopic (exact) mass is 435 g/mol. The number of hydrogen-bond acceptors (Lipinski definition) is 7. The van der Waals surface area contributed by atoms with Crippen LogP contribution in [0.15, 0.2) is 11.3 Å². The van der Waals surface area contributed by atoms with Crippen molar-refractivity contribution >= 4 is 25.3 Å². The largest absolute Gasteiger partial charge is 0.402 e. The number of thioether (sulfide) groups is 1. The number of rotatable bonds is 13. The Hall–Kier alpha value is -0.170. The van der Waals surface area contributed by atoms with Crippen LogP contribution in [-0.2, 0) is 14.1 Å². The number of carbonyl (C=O) groups is 1. The van der Waals surface area contributed by atoms with E-state index in [1.165, 1.54) is 11.8 Å². The van der Waals surface area contributed by atoms with E-state index in [2.05, 4.69) is 64.7 Å². The van der Waals surface area contributed by atoms with Crippen molar-refractivity contribution < 1.29 is 14.1 Å². The van der Waals surface area contributed by atoms with E-state index in [9.17, 15) is 4.79 Å². The summed E-state index contributed by atoms with van der Waals surface area (Å²) in [6.07, 6.45) is 0. The van der Waals surface area contributed by atoms with E-state index >= 15 is 0 Å². The first kappa shape index (κ1) is 27.8. The number of ether oxygens (including phenoxy) is 1. The molecule has 0 rings (SSSR count). The minimum atomic E-state index is -0.954. The SMILES string of the molecule is C/C(N)=C(/C)C(=O)SCCOCOP(N(C(C)C)C(C)C)N(C(C)C)C(C)C. The third-order valence-electron chi connectivity index (χ3n) is 4.12. The maximum absolute atomic E-state index is 11.9. The fourth-order valence-corrected chi connectivity index (χ4v) is 5.86. The lowest BCUT2D eigenvalue weighted by Crippen LogP contribution is -2.43. The third kappa shape index (κ3) is 9.55. The van der Waals surface area contributed by atoms with Crippen molar-refractivity contribution in [2.24, 2.45) is 5.73 Å². The molecule has 0 saturated carbocycles. The van der Waals surface area contributed by atoms with Crippen LogP contribution < -0.4 is 5.73 Å². The molecule has 0 amide bonds. The standard InChI is InChI=1S/C20H42N3O3PS/c1-14(2)22(15(3)4)27(23(16(5)6)17(7)8)26-13-25-11-12-28-20(24)18(9)19(10)21/h14-17H,11-13,21H2,1-10H3/b19-18+. The molecular formula is C20H42N3O3PS. The topological polar surface area (TPSA) is 68.0 Å². The maximum Gasteiger partial charge on any atom is 0.216 e. The van der Waals surface area contributed by atoms with Crippen molar-refractivity contribution in [3.63, 3.8) is 0 Å². The third-order valence-corrected chi connectivity index (χ3v) is 8.03. The summed E-state index contributed by atoms with van der Waals surface area (Å²) in [5.41, 5.74) is 6.84. The lowest BCUT2D eigenvalue weighted by molar-refractivity contribution is -0.107. The average Bonchev–Trinajstić information content (AvgIpc) is 2.55. The summed E-state index contributed by atoms with van der Waals surface area (Å²) in [6.45, 7) is 21.8. The molecule has 0 aromatic rings. The molecule has 0 aliphatic rings. The molecule has 0 atom stereocenters. The Kier molecular flexibility index (Phi) is 13.9. The summed E-state index contributed by atoms with van der Waals surface area (Å²) in [4.78, 5) is 11.9. The van der Waals surface area contributed by atoms with E-state index in [4.69, 9.17) is 15.0 Å². The van der Waals surface area contributed by atoms with Crippen LogP contribution in [0.2, 0.25) is 0 Å². The molecule has 6 nitrogen and oxygen atoms in total. The van der Waals surface area contributed by atoms with Gasteiger partial charge in [-0.2, -0.15) is 0 Å². The highest BCUT2D eigenvalue weighted by Crippen LogP contribution is 2.50. The Morgan fingerprint density at radius 1 is 0.929 bits per heavy atom. The van der Waals surface area contributed by atoms with Crippen molar-refractivity contribution in [2.45, 2.75) is 93.4 Å². The van der Waals surface area contributed by atoms with Gasteiger partial charge in [0, 0.05) is 41.2 Å². The van der Waals surface area contributed by atoms with Crippen molar-refractivity contribution in [3.8, 4) is 0 Å². The van der Waals surface area contributed by atoms with Crippen LogP contribution >= 0.6 is 20.2 Å². The van der Waals surface area contributed by atoms with Gasteiger partial charge in [0.1, 0.15) is 0 Å². The van der Waals surface area contributed by atoms with Gasteiger partial charge in [0.25, 0.3) is 0 Å². The highest BCUT2D eigenvalue weighted by molar-refractivity contribution is 8.14. The van der Waals surface area contributed by atoms with Crippen LogP contribution in [0.1, 0.15) is 69.2 Å². The molecule has 0 aliphatic heterocycles. The van der Waals surface area contributed by atoms with Crippen LogP contribution in [-0.4, -0.2) is 57.8 Å². The first-order chi connectivity index (χ1) is 12.9. The van der Waals surface area contributed by atoms with Gasteiger partial charge >= 0.3 is 0 Å². The second-order valence-electron chi connectivity index (χ2n) is 7.99. The zero-order valence-electron chi connectivity index (χ0n) is 19.5. The minimum absolute atomic E-state index is 0.00310. The van der Waals surface area contributed by atoms with Crippen molar-refractivity contribution in [1.29, 1.82) is 0 Å². The van der Waals surface area contributed by atoms with Crippen LogP contribution in [0.25, 0.3) is 0 Å². The second kappa shape index (κ2) is 13.9. The van der Waals surface area contributed by atoms with Gasteiger partial charge in [-0.15, -0.1) is 0 Å². The summed E-state index contributed by atoms with van der Waals surface area (Å²) in [5, 5.41) is 0.00310. The summed E-state index contributed by atoms with van der Waals surface area (Å²) in [6, 6.07) is 1.48. The molecule has 0 heterocycles. The van der Waals surface area contributed by atoms with Crippen molar-refractivity contribution in [2.75, 3.05) is 19.2 Å². The van der Waals surface area contributed by atoms with Gasteiger partial charge in [-0.25, -0.2) is 9.34 Å². The number of hydrogen-bond donors (Lipinski definition) is 1. The van der Waals surface area contributed by atoms with E-state index < -0.39 is 8.45 Å². The van der Waals surface area contributed by atoms with Crippen LogP contribution in [0.5, 0.6) is 0 Å². The van der Waals surface area contributed by atoms with Crippen LogP contribution in [0.3, 0.4) is 0 Å². The second-order valence-corrected chi connectivity index (χ2v) is 10.7. The van der Waals surface area contributed by atoms with Crippen molar-refractivity contribution in [3.05, 3.63) is 11.3 Å². The van der Waals surface area contributed by atoms with E-state index in [0.717, 1.165) is 0 Å². The molecule has 8 heteroatoms. The Bertz CT molecular complexity index is 459. The zero-order chi connectivity index (χ0) is 22.0. The molecule has 0 bridgehead atoms. The summed E-state index contributed by atoms with van der Waals surface area (Å²) < 4.78 is 16.8. The van der Waals surface area contributed by atoms with Gasteiger partial charge in [0.15, 0.2) is 15.2 Å². The predicted octanol–water partition coefficient (Wildman–Crippen LogP) is 4.95. The minimum Gasteiger partial charge on any atom is -0.402 e. The Morgan fingerprint density at radius 3 is 1.71 bits per heavy atom. The number of nitrogens with two attached hydrogens (primary N) is 1. The van der Waals surface area contributed by atoms with Gasteiger partial charge < -0.3 is 15.0 Å². The molecule has 0 radical (unpaired) electrons. The molecular weight excluding hydrogens is 393 g/mol. The summed E-state index contributed by atoms with van der Waals surface area (Å²) in [5.74, 6) is 0.584. The van der Waals surface area contributed by atoms with Crippen LogP contribution in [0.4, 0.5) is 0 Å². The van der Waals surface area contributed by atoms with Crippen molar-refractivity contribution in [1.82, 2.24) is 9.34 Å². The number of nitrogens with zero attached hydrogens (tertiary/aromatic N) is 2. The zero-order valence-corrected chi connectivity index (χ0v) is 21.2. The van der Waals surface area contributed by atoms with E-state index in [1.807, 2.05) is 0 Å². The molecule has 0 fully saturated rings. The molecule has 2 N–H and O–H groups in total. The maximum atomic E-state index is 11.9. The molecule has 0 aromatic heterocycles. The number of allylic oxidation sites excluding steroid dienone is 1. The highest BCUT2D eigenvalue weighted by Gasteiger charge is 2.34. The Labute approximate surface area is 178 Å². The smallest absolute Gasteiger partial charge is 0.216 e. The lowest BCUT2D eigenvalue weighted by Gasteiger charge is -2.45. The van der Waals surface area contributed by atoms with E-state index in [1.54, 1.807) is 13.8 Å². The molecule has 166 valence electrons. The first-order valence-electron chi connectivity index (χ1n) is 10.1. The summed E-state index contributed by atoms with van der Waals surface area (Å²) >= 11 is 1.23. The molecule has 0 aliphatic carbocycles. The van der Waals surface area contributed by atoms with Gasteiger partial charge in [0.05, 0.1) is 6.61 Å². The molecule has 0 aromatic carbocycles. The van der Waals surface area contributed by atoms with Gasteiger partial charge in [-0.3, -0.25) is 4.79 Å². The van der Waals surface area contributed by atoms with Crippen LogP contribution in [0, 0.1) is 0 Å². The van der Waals surface area contributed by atoms with Gasteiger partial charge in [-0.1, -0.05) is 11.8 Å². The molecule has 28 heavy (non-hydrogen) atoms. The Morgan fingerprint density at radius 2 is 1.36 bits per heavy atom. The number of carbonyl (C=O) groups excluding carboxylic acids is 1. The van der Waals surface area contributed by atoms with Gasteiger partial charge in [-0.05, 0) is 69.2 Å². The summed E-state index contributed by atoms with van der Waals surface area (Å²) in [7, 11) is -0.954. The first-order valence-corrected chi connectivity index (χ1v) is 12.2. The predicted molar refractivity (Wildman–Crippen MR) is 123 cm³/mol. The molecule has 0 saturated heterocycles.